The lowest BCUT2D eigenvalue weighted by atomic mass is 9.91. The molecule has 3 heteroatoms. The van der Waals surface area contributed by atoms with E-state index in [0.717, 1.165) is 12.2 Å². The van der Waals surface area contributed by atoms with Gasteiger partial charge in [0.15, 0.2) is 0 Å². The van der Waals surface area contributed by atoms with E-state index in [1.165, 1.54) is 22.3 Å². The summed E-state index contributed by atoms with van der Waals surface area (Å²) in [6.07, 6.45) is 2.81. The number of anilines is 1. The zero-order valence-electron chi connectivity index (χ0n) is 14.4. The number of hydrazine groups is 1. The Labute approximate surface area is 143 Å². The van der Waals surface area contributed by atoms with Crippen LogP contribution >= 0.6 is 0 Å². The molecule has 0 atom stereocenters. The van der Waals surface area contributed by atoms with E-state index in [1.807, 2.05) is 11.1 Å². The van der Waals surface area contributed by atoms with Crippen molar-refractivity contribution in [2.45, 2.75) is 32.7 Å². The quantitative estimate of drug-likeness (QED) is 0.788. The summed E-state index contributed by atoms with van der Waals surface area (Å²) >= 11 is 0. The van der Waals surface area contributed by atoms with Gasteiger partial charge in [0.05, 0.1) is 11.2 Å². The topological polar surface area (TPSA) is 23.6 Å². The van der Waals surface area contributed by atoms with Gasteiger partial charge in [-0.05, 0) is 49.6 Å². The molecule has 2 heterocycles. The third kappa shape index (κ3) is 2.23. The van der Waals surface area contributed by atoms with Crippen molar-refractivity contribution in [3.8, 4) is 0 Å². The van der Waals surface area contributed by atoms with Crippen LogP contribution in [0.15, 0.2) is 54.6 Å². The molecule has 1 saturated heterocycles. The fourth-order valence-corrected chi connectivity index (χ4v) is 3.83. The molecule has 2 aliphatic heterocycles. The average molecular weight is 318 g/mol. The van der Waals surface area contributed by atoms with Gasteiger partial charge < -0.3 is 0 Å². The number of carbonyl (C=O) groups is 1. The maximum absolute atomic E-state index is 12.6. The largest absolute Gasteiger partial charge is 0.281 e. The number of carbonyl (C=O) groups excluding carboxylic acids is 1. The molecule has 3 nitrogen and oxygen atoms in total. The molecule has 0 radical (unpaired) electrons. The van der Waals surface area contributed by atoms with Crippen LogP contribution in [0.4, 0.5) is 5.69 Å². The maximum Gasteiger partial charge on any atom is 0.243 e. The number of aryl methyl sites for hydroxylation is 1. The third-order valence-electron chi connectivity index (χ3n) is 4.86. The van der Waals surface area contributed by atoms with Crippen LogP contribution in [0.25, 0.3) is 5.57 Å². The fourth-order valence-electron chi connectivity index (χ4n) is 3.83. The molecular formula is C21H22N2O. The fraction of sp³-hybridized carbons (Fsp3) is 0.286. The normalized spacial score (nSPS) is 18.8. The molecule has 24 heavy (non-hydrogen) atoms. The number of rotatable bonds is 1. The van der Waals surface area contributed by atoms with E-state index in [2.05, 4.69) is 74.3 Å². The van der Waals surface area contributed by atoms with E-state index in [9.17, 15) is 4.79 Å². The molecule has 2 aromatic carbocycles. The summed E-state index contributed by atoms with van der Waals surface area (Å²) < 4.78 is 0. The predicted octanol–water partition coefficient (Wildman–Crippen LogP) is 4.17. The smallest absolute Gasteiger partial charge is 0.243 e. The molecule has 2 aliphatic rings. The monoisotopic (exact) mass is 318 g/mol. The molecule has 0 unspecified atom stereocenters. The van der Waals surface area contributed by atoms with E-state index in [1.54, 1.807) is 0 Å². The van der Waals surface area contributed by atoms with Gasteiger partial charge in [0.25, 0.3) is 0 Å². The molecule has 0 bridgehead atoms. The Bertz CT molecular complexity index is 836. The van der Waals surface area contributed by atoms with Gasteiger partial charge in [0, 0.05) is 18.5 Å². The Morgan fingerprint density at radius 1 is 1.04 bits per heavy atom. The molecule has 1 amide bonds. The number of benzene rings is 2. The van der Waals surface area contributed by atoms with Crippen molar-refractivity contribution in [1.82, 2.24) is 5.01 Å². The van der Waals surface area contributed by atoms with Crippen molar-refractivity contribution in [1.29, 1.82) is 0 Å². The lowest BCUT2D eigenvalue weighted by molar-refractivity contribution is -0.131. The second-order valence-electron chi connectivity index (χ2n) is 7.18. The highest BCUT2D eigenvalue weighted by molar-refractivity contribution is 5.92. The number of amides is 1. The summed E-state index contributed by atoms with van der Waals surface area (Å²) in [6, 6.07) is 17.0. The summed E-state index contributed by atoms with van der Waals surface area (Å²) in [7, 11) is 0. The number of hydrogen-bond donors (Lipinski definition) is 0. The number of fused-ring (bicyclic) bond motifs is 3. The minimum Gasteiger partial charge on any atom is -0.281 e. The van der Waals surface area contributed by atoms with Crippen LogP contribution < -0.4 is 5.01 Å². The molecule has 0 spiro atoms. The van der Waals surface area contributed by atoms with Crippen molar-refractivity contribution in [2.75, 3.05) is 11.6 Å². The first-order valence-electron chi connectivity index (χ1n) is 8.47. The molecular weight excluding hydrogens is 296 g/mol. The van der Waals surface area contributed by atoms with Crippen molar-refractivity contribution >= 4 is 17.2 Å². The summed E-state index contributed by atoms with van der Waals surface area (Å²) in [6.45, 7) is 7.08. The van der Waals surface area contributed by atoms with Gasteiger partial charge in [-0.15, -0.1) is 0 Å². The van der Waals surface area contributed by atoms with E-state index in [4.69, 9.17) is 0 Å². The van der Waals surface area contributed by atoms with Crippen molar-refractivity contribution in [2.24, 2.45) is 0 Å². The predicted molar refractivity (Wildman–Crippen MR) is 97.6 cm³/mol. The first kappa shape index (κ1) is 15.0. The standard InChI is InChI=1S/C21H22N2O/c1-15-9-10-17-18(16-7-5-4-6-8-16)14-21(2,3)23-20(24)11-12-22(23)19(17)13-15/h4-10,13-14H,11-12H2,1-3H3. The highest BCUT2D eigenvalue weighted by Gasteiger charge is 2.42. The SMILES string of the molecule is Cc1ccc2c(c1)N1CCC(=O)N1C(C)(C)C=C2c1ccccc1. The van der Waals surface area contributed by atoms with Crippen molar-refractivity contribution in [3.05, 3.63) is 71.3 Å². The number of nitrogens with zero attached hydrogens (tertiary/aromatic N) is 2. The van der Waals surface area contributed by atoms with E-state index in [-0.39, 0.29) is 11.4 Å². The summed E-state index contributed by atoms with van der Waals surface area (Å²) in [5, 5.41) is 4.10. The molecule has 0 aromatic heterocycles. The molecule has 0 N–H and O–H groups in total. The van der Waals surface area contributed by atoms with Crippen LogP contribution in [0.2, 0.25) is 0 Å². The van der Waals surface area contributed by atoms with Crippen LogP contribution in [0.3, 0.4) is 0 Å². The second kappa shape index (κ2) is 5.23. The van der Waals surface area contributed by atoms with E-state index < -0.39 is 0 Å². The highest BCUT2D eigenvalue weighted by atomic mass is 16.2. The Morgan fingerprint density at radius 3 is 2.54 bits per heavy atom. The van der Waals surface area contributed by atoms with Crippen LogP contribution in [0.1, 0.15) is 37.0 Å². The Morgan fingerprint density at radius 2 is 1.79 bits per heavy atom. The van der Waals surface area contributed by atoms with Gasteiger partial charge in [0.1, 0.15) is 0 Å². The molecule has 0 saturated carbocycles. The van der Waals surface area contributed by atoms with Crippen molar-refractivity contribution < 1.29 is 4.79 Å². The first-order chi connectivity index (χ1) is 11.5. The van der Waals surface area contributed by atoms with Crippen LogP contribution in [0, 0.1) is 6.92 Å². The van der Waals surface area contributed by atoms with Gasteiger partial charge >= 0.3 is 0 Å². The Hall–Kier alpha value is -2.55. The van der Waals surface area contributed by atoms with Crippen molar-refractivity contribution in [3.63, 3.8) is 0 Å². The zero-order chi connectivity index (χ0) is 16.9. The summed E-state index contributed by atoms with van der Waals surface area (Å²) in [5.41, 5.74) is 5.54. The van der Waals surface area contributed by atoms with Gasteiger partial charge in [-0.25, -0.2) is 5.01 Å². The minimum absolute atomic E-state index is 0.193. The van der Waals surface area contributed by atoms with Gasteiger partial charge in [-0.1, -0.05) is 42.5 Å². The Kier molecular flexibility index (Phi) is 3.27. The molecule has 0 aliphatic carbocycles. The average Bonchev–Trinajstić information content (AvgIpc) is 2.92. The van der Waals surface area contributed by atoms with Gasteiger partial charge in [0.2, 0.25) is 5.91 Å². The maximum atomic E-state index is 12.6. The first-order valence-corrected chi connectivity index (χ1v) is 8.47. The van der Waals surface area contributed by atoms with Gasteiger partial charge in [-0.3, -0.25) is 9.80 Å². The zero-order valence-corrected chi connectivity index (χ0v) is 14.4. The summed E-state index contributed by atoms with van der Waals surface area (Å²) in [5.74, 6) is 0.193. The lowest BCUT2D eigenvalue weighted by Crippen LogP contribution is -2.51. The molecule has 1 fully saturated rings. The molecule has 4 rings (SSSR count). The van der Waals surface area contributed by atoms with Crippen LogP contribution in [-0.2, 0) is 4.79 Å². The van der Waals surface area contributed by atoms with E-state index in [0.29, 0.717) is 6.42 Å². The van der Waals surface area contributed by atoms with Gasteiger partial charge in [-0.2, -0.15) is 0 Å². The highest BCUT2D eigenvalue weighted by Crippen LogP contribution is 2.42. The van der Waals surface area contributed by atoms with Crippen LogP contribution in [-0.4, -0.2) is 23.0 Å². The molecule has 122 valence electrons. The lowest BCUT2D eigenvalue weighted by Gasteiger charge is -2.39. The molecule has 2 aromatic rings. The van der Waals surface area contributed by atoms with E-state index >= 15 is 0 Å². The minimum atomic E-state index is -0.369. The third-order valence-corrected chi connectivity index (χ3v) is 4.86. The number of hydrogen-bond acceptors (Lipinski definition) is 2. The second-order valence-corrected chi connectivity index (χ2v) is 7.18. The summed E-state index contributed by atoms with van der Waals surface area (Å²) in [4.78, 5) is 12.6. The van der Waals surface area contributed by atoms with Crippen LogP contribution in [0.5, 0.6) is 0 Å². The Balaban J connectivity index is 2.00.